The van der Waals surface area contributed by atoms with Crippen molar-refractivity contribution in [2.75, 3.05) is 26.2 Å². The van der Waals surface area contributed by atoms with Crippen molar-refractivity contribution in [3.8, 4) is 6.07 Å². The van der Waals surface area contributed by atoms with E-state index in [0.717, 1.165) is 0 Å². The smallest absolute Gasteiger partial charge is 0.253 e. The lowest BCUT2D eigenvalue weighted by atomic mass is 9.94. The van der Waals surface area contributed by atoms with Crippen LogP contribution in [0.25, 0.3) is 0 Å². The molecule has 1 atom stereocenters. The molecule has 0 saturated carbocycles. The molecule has 0 radical (unpaired) electrons. The maximum atomic E-state index is 12.7. The molecule has 1 aliphatic heterocycles. The van der Waals surface area contributed by atoms with E-state index in [1.165, 1.54) is 0 Å². The van der Waals surface area contributed by atoms with Crippen LogP contribution in [0, 0.1) is 23.2 Å². The topological polar surface area (TPSA) is 64.4 Å². The summed E-state index contributed by atoms with van der Waals surface area (Å²) in [5, 5.41) is 9.56. The largest absolute Gasteiger partial charge is 0.341 e. The minimum absolute atomic E-state index is 0.0204. The summed E-state index contributed by atoms with van der Waals surface area (Å²) in [5.74, 6) is -0.160. The molecule has 2 amide bonds. The van der Waals surface area contributed by atoms with Crippen LogP contribution in [0.3, 0.4) is 0 Å². The number of piperidine rings is 1. The number of carbonyl (C=O) groups is 2. The Morgan fingerprint density at radius 2 is 1.92 bits per heavy atom. The molecule has 6 heteroatoms. The fourth-order valence-electron chi connectivity index (χ4n) is 3.11. The first kappa shape index (κ1) is 19.3. The first-order valence-electron chi connectivity index (χ1n) is 8.69. The van der Waals surface area contributed by atoms with Gasteiger partial charge in [-0.1, -0.05) is 11.6 Å². The number of rotatable bonds is 5. The van der Waals surface area contributed by atoms with Crippen LogP contribution >= 0.6 is 11.6 Å². The molecule has 0 aliphatic carbocycles. The average Bonchev–Trinajstić information content (AvgIpc) is 2.65. The summed E-state index contributed by atoms with van der Waals surface area (Å²) < 4.78 is 0. The van der Waals surface area contributed by atoms with Crippen molar-refractivity contribution < 1.29 is 9.59 Å². The number of hydrogen-bond acceptors (Lipinski definition) is 3. The SMILES string of the molecule is CCN(C[C@H](C)C#N)C(=O)C1CCN(C(=O)c2ccc(Cl)cc2)CC1. The number of nitriles is 1. The Morgan fingerprint density at radius 1 is 1.32 bits per heavy atom. The summed E-state index contributed by atoms with van der Waals surface area (Å²) in [6, 6.07) is 9.05. The first-order chi connectivity index (χ1) is 12.0. The molecule has 5 nitrogen and oxygen atoms in total. The summed E-state index contributed by atoms with van der Waals surface area (Å²) >= 11 is 5.86. The van der Waals surface area contributed by atoms with Crippen molar-refractivity contribution in [1.82, 2.24) is 9.80 Å². The second-order valence-corrected chi connectivity index (χ2v) is 6.92. The minimum Gasteiger partial charge on any atom is -0.341 e. The van der Waals surface area contributed by atoms with Crippen LogP contribution in [-0.2, 0) is 4.79 Å². The number of likely N-dealkylation sites (tertiary alicyclic amines) is 1. The quantitative estimate of drug-likeness (QED) is 0.808. The van der Waals surface area contributed by atoms with Crippen LogP contribution in [0.2, 0.25) is 5.02 Å². The number of halogens is 1. The van der Waals surface area contributed by atoms with Gasteiger partial charge in [0.15, 0.2) is 0 Å². The lowest BCUT2D eigenvalue weighted by Crippen LogP contribution is -2.45. The van der Waals surface area contributed by atoms with Crippen LogP contribution < -0.4 is 0 Å². The van der Waals surface area contributed by atoms with E-state index in [0.29, 0.717) is 49.6 Å². The number of nitrogens with zero attached hydrogens (tertiary/aromatic N) is 3. The van der Waals surface area contributed by atoms with Gasteiger partial charge in [0.25, 0.3) is 5.91 Å². The Hall–Kier alpha value is -2.06. The highest BCUT2D eigenvalue weighted by molar-refractivity contribution is 6.30. The monoisotopic (exact) mass is 361 g/mol. The van der Waals surface area contributed by atoms with E-state index in [-0.39, 0.29) is 23.7 Å². The highest BCUT2D eigenvalue weighted by Crippen LogP contribution is 2.22. The molecule has 1 aliphatic rings. The zero-order valence-corrected chi connectivity index (χ0v) is 15.5. The highest BCUT2D eigenvalue weighted by Gasteiger charge is 2.30. The summed E-state index contributed by atoms with van der Waals surface area (Å²) in [4.78, 5) is 28.7. The molecule has 1 aromatic carbocycles. The Bertz CT molecular complexity index is 646. The van der Waals surface area contributed by atoms with Crippen molar-refractivity contribution in [2.45, 2.75) is 26.7 Å². The number of carbonyl (C=O) groups excluding carboxylic acids is 2. The molecule has 25 heavy (non-hydrogen) atoms. The number of amides is 2. The molecule has 1 fully saturated rings. The van der Waals surface area contributed by atoms with Gasteiger partial charge in [0.2, 0.25) is 5.91 Å². The van der Waals surface area contributed by atoms with Crippen LogP contribution in [0.15, 0.2) is 24.3 Å². The molecule has 0 unspecified atom stereocenters. The summed E-state index contributed by atoms with van der Waals surface area (Å²) in [5.41, 5.74) is 0.618. The molecular weight excluding hydrogens is 338 g/mol. The Balaban J connectivity index is 1.92. The molecule has 0 bridgehead atoms. The molecule has 1 saturated heterocycles. The normalized spacial score (nSPS) is 16.2. The summed E-state index contributed by atoms with van der Waals surface area (Å²) in [6.07, 6.45) is 1.32. The van der Waals surface area contributed by atoms with Gasteiger partial charge in [0.1, 0.15) is 0 Å². The molecule has 134 valence electrons. The lowest BCUT2D eigenvalue weighted by molar-refractivity contribution is -0.137. The van der Waals surface area contributed by atoms with Gasteiger partial charge in [0, 0.05) is 42.7 Å². The van der Waals surface area contributed by atoms with E-state index in [1.54, 1.807) is 34.1 Å². The first-order valence-corrected chi connectivity index (χ1v) is 9.07. The van der Waals surface area contributed by atoms with Gasteiger partial charge >= 0.3 is 0 Å². The second kappa shape index (κ2) is 8.87. The third-order valence-corrected chi connectivity index (χ3v) is 4.88. The zero-order chi connectivity index (χ0) is 18.4. The zero-order valence-electron chi connectivity index (χ0n) is 14.7. The van der Waals surface area contributed by atoms with E-state index < -0.39 is 0 Å². The van der Waals surface area contributed by atoms with Crippen molar-refractivity contribution in [1.29, 1.82) is 5.26 Å². The molecule has 0 N–H and O–H groups in total. The van der Waals surface area contributed by atoms with Gasteiger partial charge in [0.05, 0.1) is 12.0 Å². The lowest BCUT2D eigenvalue weighted by Gasteiger charge is -2.34. The standard InChI is InChI=1S/C19H24ClN3O2/c1-3-22(13-14(2)12-21)18(24)16-8-10-23(11-9-16)19(25)15-4-6-17(20)7-5-15/h4-7,14,16H,3,8-11,13H2,1-2H3/t14-/m1/s1. The Labute approximate surface area is 154 Å². The predicted octanol–water partition coefficient (Wildman–Crippen LogP) is 3.20. The van der Waals surface area contributed by atoms with Crippen LogP contribution in [-0.4, -0.2) is 47.8 Å². The van der Waals surface area contributed by atoms with Gasteiger partial charge in [-0.05, 0) is 51.0 Å². The van der Waals surface area contributed by atoms with E-state index in [4.69, 9.17) is 16.9 Å². The second-order valence-electron chi connectivity index (χ2n) is 6.48. The van der Waals surface area contributed by atoms with Crippen LogP contribution in [0.4, 0.5) is 0 Å². The Kier molecular flexibility index (Phi) is 6.83. The van der Waals surface area contributed by atoms with E-state index in [9.17, 15) is 9.59 Å². The minimum atomic E-state index is -0.171. The van der Waals surface area contributed by atoms with Gasteiger partial charge in [-0.3, -0.25) is 9.59 Å². The maximum absolute atomic E-state index is 12.7. The molecular formula is C19H24ClN3O2. The van der Waals surface area contributed by atoms with Gasteiger partial charge in [-0.15, -0.1) is 0 Å². The maximum Gasteiger partial charge on any atom is 0.253 e. The average molecular weight is 362 g/mol. The fourth-order valence-corrected chi connectivity index (χ4v) is 3.24. The highest BCUT2D eigenvalue weighted by atomic mass is 35.5. The number of benzene rings is 1. The third-order valence-electron chi connectivity index (χ3n) is 4.63. The molecule has 0 aromatic heterocycles. The van der Waals surface area contributed by atoms with Gasteiger partial charge in [-0.25, -0.2) is 0 Å². The number of hydrogen-bond donors (Lipinski definition) is 0. The van der Waals surface area contributed by atoms with Crippen LogP contribution in [0.1, 0.15) is 37.0 Å². The van der Waals surface area contributed by atoms with Gasteiger partial charge in [-0.2, -0.15) is 5.26 Å². The predicted molar refractivity (Wildman–Crippen MR) is 97.1 cm³/mol. The summed E-state index contributed by atoms with van der Waals surface area (Å²) in [6.45, 7) is 5.97. The van der Waals surface area contributed by atoms with Crippen molar-refractivity contribution >= 4 is 23.4 Å². The molecule has 1 heterocycles. The van der Waals surface area contributed by atoms with E-state index in [2.05, 4.69) is 6.07 Å². The van der Waals surface area contributed by atoms with Crippen molar-refractivity contribution in [3.63, 3.8) is 0 Å². The summed E-state index contributed by atoms with van der Waals surface area (Å²) in [7, 11) is 0. The molecule has 1 aromatic rings. The van der Waals surface area contributed by atoms with E-state index in [1.807, 2.05) is 13.8 Å². The third kappa shape index (κ3) is 4.96. The van der Waals surface area contributed by atoms with Crippen LogP contribution in [0.5, 0.6) is 0 Å². The Morgan fingerprint density at radius 3 is 2.44 bits per heavy atom. The van der Waals surface area contributed by atoms with Crippen molar-refractivity contribution in [3.05, 3.63) is 34.9 Å². The molecule has 2 rings (SSSR count). The van der Waals surface area contributed by atoms with E-state index >= 15 is 0 Å². The van der Waals surface area contributed by atoms with Crippen molar-refractivity contribution in [2.24, 2.45) is 11.8 Å². The van der Waals surface area contributed by atoms with Gasteiger partial charge < -0.3 is 9.80 Å². The fraction of sp³-hybridized carbons (Fsp3) is 0.526. The molecule has 0 spiro atoms.